The van der Waals surface area contributed by atoms with Crippen LogP contribution in [0.25, 0.3) is 11.1 Å². The summed E-state index contributed by atoms with van der Waals surface area (Å²) >= 11 is 0. The lowest BCUT2D eigenvalue weighted by molar-refractivity contribution is -0.130. The third-order valence-corrected chi connectivity index (χ3v) is 4.31. The highest BCUT2D eigenvalue weighted by molar-refractivity contribution is 7.89. The van der Waals surface area contributed by atoms with Gasteiger partial charge in [-0.2, -0.15) is 0 Å². The summed E-state index contributed by atoms with van der Waals surface area (Å²) < 4.78 is 23.0. The first kappa shape index (κ1) is 15.0. The second kappa shape index (κ2) is 5.07. The summed E-state index contributed by atoms with van der Waals surface area (Å²) in [7, 11) is -3.98. The number of hydrogen-bond acceptors (Lipinski definition) is 4. The summed E-state index contributed by atoms with van der Waals surface area (Å²) in [4.78, 5) is 26.4. The van der Waals surface area contributed by atoms with Gasteiger partial charge in [0.15, 0.2) is 0 Å². The van der Waals surface area contributed by atoms with Gasteiger partial charge in [0.05, 0.1) is 21.7 Å². The first-order valence-corrected chi connectivity index (χ1v) is 7.93. The molecular formula is C14H11N3O5S. The lowest BCUT2D eigenvalue weighted by atomic mass is 9.99. The second-order valence-electron chi connectivity index (χ2n) is 4.85. The standard InChI is InChI=1S/C14H11N3O5S/c15-23(21,22)7-3-4-9-8(6-7)11(13(18)17-9)12(14(19)20)10-2-1-5-16-10/h1-6,16H,(H,17,18)(H,19,20)(H2,15,21,22)/b12-11+. The van der Waals surface area contributed by atoms with Crippen LogP contribution in [-0.4, -0.2) is 30.4 Å². The summed E-state index contributed by atoms with van der Waals surface area (Å²) in [5.41, 5.74) is 0.353. The molecule has 8 nitrogen and oxygen atoms in total. The molecule has 1 aliphatic heterocycles. The predicted molar refractivity (Wildman–Crippen MR) is 81.7 cm³/mol. The molecule has 1 aromatic carbocycles. The van der Waals surface area contributed by atoms with Crippen LogP contribution in [-0.2, 0) is 19.6 Å². The molecule has 0 fully saturated rings. The Kier molecular flexibility index (Phi) is 3.31. The van der Waals surface area contributed by atoms with E-state index in [-0.39, 0.29) is 27.3 Å². The minimum atomic E-state index is -3.98. The van der Waals surface area contributed by atoms with Crippen molar-refractivity contribution in [2.45, 2.75) is 4.90 Å². The molecule has 0 unspecified atom stereocenters. The lowest BCUT2D eigenvalue weighted by Crippen LogP contribution is -2.12. The number of aromatic nitrogens is 1. The summed E-state index contributed by atoms with van der Waals surface area (Å²) in [5.74, 6) is -1.94. The number of aromatic amines is 1. The van der Waals surface area contributed by atoms with E-state index in [1.54, 1.807) is 6.07 Å². The van der Waals surface area contributed by atoms with Crippen molar-refractivity contribution in [3.05, 3.63) is 47.8 Å². The molecule has 0 saturated heterocycles. The summed E-state index contributed by atoms with van der Waals surface area (Å²) in [6, 6.07) is 6.89. The number of carbonyl (C=O) groups excluding carboxylic acids is 1. The van der Waals surface area contributed by atoms with Crippen LogP contribution in [0, 0.1) is 0 Å². The van der Waals surface area contributed by atoms with Gasteiger partial charge in [-0.05, 0) is 30.3 Å². The van der Waals surface area contributed by atoms with Crippen LogP contribution >= 0.6 is 0 Å². The zero-order valence-corrected chi connectivity index (χ0v) is 12.3. The first-order chi connectivity index (χ1) is 10.8. The molecule has 2 aromatic rings. The number of fused-ring (bicyclic) bond motifs is 1. The van der Waals surface area contributed by atoms with E-state index in [0.29, 0.717) is 5.69 Å². The zero-order valence-electron chi connectivity index (χ0n) is 11.5. The molecule has 1 aliphatic rings. The number of carbonyl (C=O) groups is 2. The number of nitrogens with two attached hydrogens (primary N) is 1. The van der Waals surface area contributed by atoms with E-state index >= 15 is 0 Å². The van der Waals surface area contributed by atoms with Gasteiger partial charge in [0, 0.05) is 17.4 Å². The number of sulfonamides is 1. The molecule has 23 heavy (non-hydrogen) atoms. The van der Waals surface area contributed by atoms with E-state index in [0.717, 1.165) is 0 Å². The quantitative estimate of drug-likeness (QED) is 0.609. The van der Waals surface area contributed by atoms with Gasteiger partial charge in [-0.1, -0.05) is 0 Å². The van der Waals surface area contributed by atoms with Crippen molar-refractivity contribution in [2.24, 2.45) is 5.14 Å². The van der Waals surface area contributed by atoms with E-state index < -0.39 is 21.9 Å². The average Bonchev–Trinajstić information content (AvgIpc) is 3.06. The third-order valence-electron chi connectivity index (χ3n) is 3.40. The topological polar surface area (TPSA) is 142 Å². The van der Waals surface area contributed by atoms with E-state index in [1.165, 1.54) is 30.5 Å². The number of nitrogens with one attached hydrogen (secondary N) is 2. The monoisotopic (exact) mass is 333 g/mol. The molecule has 0 radical (unpaired) electrons. The van der Waals surface area contributed by atoms with Crippen LogP contribution in [0.4, 0.5) is 5.69 Å². The van der Waals surface area contributed by atoms with Crippen LogP contribution in [0.2, 0.25) is 0 Å². The molecule has 118 valence electrons. The highest BCUT2D eigenvalue weighted by Gasteiger charge is 2.32. The summed E-state index contributed by atoms with van der Waals surface area (Å²) in [6.07, 6.45) is 1.52. The van der Waals surface area contributed by atoms with Crippen LogP contribution in [0.1, 0.15) is 11.3 Å². The first-order valence-electron chi connectivity index (χ1n) is 6.39. The van der Waals surface area contributed by atoms with Crippen molar-refractivity contribution >= 4 is 38.7 Å². The predicted octanol–water partition coefficient (Wildman–Crippen LogP) is 0.610. The number of hydrogen-bond donors (Lipinski definition) is 4. The molecule has 0 spiro atoms. The van der Waals surface area contributed by atoms with Gasteiger partial charge < -0.3 is 15.4 Å². The number of H-pyrrole nitrogens is 1. The van der Waals surface area contributed by atoms with Gasteiger partial charge in [0.2, 0.25) is 10.0 Å². The summed E-state index contributed by atoms with van der Waals surface area (Å²) in [5, 5.41) is 17.1. The van der Waals surface area contributed by atoms with Crippen LogP contribution in [0.3, 0.4) is 0 Å². The Morgan fingerprint density at radius 1 is 1.22 bits per heavy atom. The maximum Gasteiger partial charge on any atom is 0.338 e. The Balaban J connectivity index is 2.32. The molecule has 9 heteroatoms. The Bertz CT molecular complexity index is 958. The Hall–Kier alpha value is -2.91. The Morgan fingerprint density at radius 3 is 2.52 bits per heavy atom. The minimum Gasteiger partial charge on any atom is -0.478 e. The highest BCUT2D eigenvalue weighted by atomic mass is 32.2. The number of benzene rings is 1. The van der Waals surface area contributed by atoms with Crippen molar-refractivity contribution in [3.63, 3.8) is 0 Å². The fourth-order valence-corrected chi connectivity index (χ4v) is 2.95. The van der Waals surface area contributed by atoms with E-state index in [2.05, 4.69) is 10.3 Å². The van der Waals surface area contributed by atoms with Crippen LogP contribution in [0.15, 0.2) is 41.4 Å². The van der Waals surface area contributed by atoms with E-state index in [9.17, 15) is 23.1 Å². The number of rotatable bonds is 3. The van der Waals surface area contributed by atoms with Gasteiger partial charge in [-0.25, -0.2) is 18.4 Å². The van der Waals surface area contributed by atoms with Crippen molar-refractivity contribution in [2.75, 3.05) is 5.32 Å². The maximum absolute atomic E-state index is 12.2. The average molecular weight is 333 g/mol. The Labute approximate surface area is 130 Å². The fourth-order valence-electron chi connectivity index (χ4n) is 2.41. The van der Waals surface area contributed by atoms with Gasteiger partial charge in [-0.15, -0.1) is 0 Å². The smallest absolute Gasteiger partial charge is 0.338 e. The van der Waals surface area contributed by atoms with E-state index in [4.69, 9.17) is 5.14 Å². The molecule has 0 atom stereocenters. The molecule has 1 amide bonds. The van der Waals surface area contributed by atoms with Crippen molar-refractivity contribution in [3.8, 4) is 0 Å². The highest BCUT2D eigenvalue weighted by Crippen LogP contribution is 2.37. The zero-order chi connectivity index (χ0) is 16.8. The third kappa shape index (κ3) is 2.51. The van der Waals surface area contributed by atoms with Gasteiger partial charge >= 0.3 is 5.97 Å². The second-order valence-corrected chi connectivity index (χ2v) is 6.41. The number of amides is 1. The lowest BCUT2D eigenvalue weighted by Gasteiger charge is -2.06. The van der Waals surface area contributed by atoms with Gasteiger partial charge in [0.1, 0.15) is 0 Å². The molecule has 1 aromatic heterocycles. The number of anilines is 1. The molecule has 3 rings (SSSR count). The molecular weight excluding hydrogens is 322 g/mol. The number of carboxylic acids is 1. The van der Waals surface area contributed by atoms with Crippen molar-refractivity contribution < 1.29 is 23.1 Å². The van der Waals surface area contributed by atoms with Crippen LogP contribution in [0.5, 0.6) is 0 Å². The SMILES string of the molecule is NS(=O)(=O)c1ccc2c(c1)/C(=C(\C(=O)O)c1ccc[nH]1)C(=O)N2. The number of aliphatic carboxylic acids is 1. The number of carboxylic acid groups (broad SMARTS) is 1. The largest absolute Gasteiger partial charge is 0.478 e. The molecule has 5 N–H and O–H groups in total. The fraction of sp³-hybridized carbons (Fsp3) is 0. The normalized spacial score (nSPS) is 16.0. The minimum absolute atomic E-state index is 0.125. The van der Waals surface area contributed by atoms with Crippen molar-refractivity contribution in [1.29, 1.82) is 0 Å². The van der Waals surface area contributed by atoms with Crippen molar-refractivity contribution in [1.82, 2.24) is 4.98 Å². The molecule has 0 saturated carbocycles. The molecule has 2 heterocycles. The summed E-state index contributed by atoms with van der Waals surface area (Å²) in [6.45, 7) is 0. The number of primary sulfonamides is 1. The van der Waals surface area contributed by atoms with Gasteiger partial charge in [0.25, 0.3) is 5.91 Å². The van der Waals surface area contributed by atoms with E-state index in [1.807, 2.05) is 0 Å². The molecule has 0 bridgehead atoms. The maximum atomic E-state index is 12.2. The molecule has 0 aliphatic carbocycles. The van der Waals surface area contributed by atoms with Crippen LogP contribution < -0.4 is 10.5 Å². The Morgan fingerprint density at radius 2 is 1.96 bits per heavy atom. The van der Waals surface area contributed by atoms with Gasteiger partial charge in [-0.3, -0.25) is 4.79 Å².